The molecule has 2 saturated carbocycles. The van der Waals surface area contributed by atoms with E-state index in [4.69, 9.17) is 0 Å². The van der Waals surface area contributed by atoms with Gasteiger partial charge < -0.3 is 10.2 Å². The van der Waals surface area contributed by atoms with Gasteiger partial charge in [0.25, 0.3) is 0 Å². The lowest BCUT2D eigenvalue weighted by Gasteiger charge is -2.46. The van der Waals surface area contributed by atoms with Gasteiger partial charge >= 0.3 is 0 Å². The third-order valence-corrected chi connectivity index (χ3v) is 6.12. The number of aromatic hydroxyl groups is 1. The average Bonchev–Trinajstić information content (AvgIpc) is 2.74. The second-order valence-electron chi connectivity index (χ2n) is 7.03. The monoisotopic (exact) mass is 270 g/mol. The molecule has 0 aromatic heterocycles. The molecule has 1 aromatic carbocycles. The van der Waals surface area contributed by atoms with Gasteiger partial charge in [-0.2, -0.15) is 0 Å². The maximum Gasteiger partial charge on any atom is 0.115 e. The second kappa shape index (κ2) is 4.11. The van der Waals surface area contributed by atoms with Crippen molar-refractivity contribution in [3.8, 4) is 5.75 Å². The van der Waals surface area contributed by atoms with Gasteiger partial charge in [0.1, 0.15) is 5.75 Å². The normalized spacial score (nSPS) is 38.7. The molecule has 0 bridgehead atoms. The Labute approximate surface area is 120 Å². The van der Waals surface area contributed by atoms with Crippen LogP contribution >= 0.6 is 0 Å². The molecule has 0 unspecified atom stereocenters. The van der Waals surface area contributed by atoms with Gasteiger partial charge in [0, 0.05) is 11.3 Å². The van der Waals surface area contributed by atoms with Gasteiger partial charge in [-0.25, -0.2) is 0 Å². The van der Waals surface area contributed by atoms with Crippen LogP contribution < -0.4 is 0 Å². The fourth-order valence-electron chi connectivity index (χ4n) is 4.93. The molecule has 0 amide bonds. The van der Waals surface area contributed by atoms with Gasteiger partial charge in [0.2, 0.25) is 0 Å². The third-order valence-electron chi connectivity index (χ3n) is 6.12. The Morgan fingerprint density at radius 2 is 2.05 bits per heavy atom. The van der Waals surface area contributed by atoms with Gasteiger partial charge in [-0.15, -0.1) is 0 Å². The Balaban J connectivity index is 1.76. The van der Waals surface area contributed by atoms with Crippen LogP contribution in [0.4, 0.5) is 0 Å². The van der Waals surface area contributed by atoms with Crippen LogP contribution in [0.3, 0.4) is 0 Å². The van der Waals surface area contributed by atoms with E-state index in [0.717, 1.165) is 32.1 Å². The summed E-state index contributed by atoms with van der Waals surface area (Å²) in [6.07, 6.45) is 7.51. The van der Waals surface area contributed by atoms with E-state index < -0.39 is 0 Å². The molecule has 4 rings (SSSR count). The first-order valence-corrected chi connectivity index (χ1v) is 7.79. The molecule has 0 spiro atoms. The van der Waals surface area contributed by atoms with Crippen LogP contribution in [0.15, 0.2) is 29.8 Å². The highest BCUT2D eigenvalue weighted by Gasteiger charge is 2.51. The minimum absolute atomic E-state index is 0.0940. The molecule has 2 fully saturated rings. The molecule has 0 saturated heterocycles. The molecule has 106 valence electrons. The van der Waals surface area contributed by atoms with E-state index in [1.54, 1.807) is 5.57 Å². The van der Waals surface area contributed by atoms with Crippen LogP contribution in [0.5, 0.6) is 5.75 Å². The molecule has 3 aliphatic rings. The first-order chi connectivity index (χ1) is 9.59. The van der Waals surface area contributed by atoms with Crippen molar-refractivity contribution in [1.29, 1.82) is 0 Å². The second-order valence-corrected chi connectivity index (χ2v) is 7.03. The summed E-state index contributed by atoms with van der Waals surface area (Å²) >= 11 is 0. The number of phenolic OH excluding ortho intramolecular Hbond substituents is 1. The summed E-state index contributed by atoms with van der Waals surface area (Å²) in [5.74, 6) is 1.44. The van der Waals surface area contributed by atoms with Crippen LogP contribution in [-0.4, -0.2) is 16.3 Å². The zero-order valence-electron chi connectivity index (χ0n) is 12.0. The number of rotatable bonds is 0. The highest BCUT2D eigenvalue weighted by Crippen LogP contribution is 2.59. The van der Waals surface area contributed by atoms with Crippen molar-refractivity contribution in [2.75, 3.05) is 0 Å². The molecule has 0 aliphatic heterocycles. The van der Waals surface area contributed by atoms with Crippen LogP contribution in [0.25, 0.3) is 0 Å². The molecule has 20 heavy (non-hydrogen) atoms. The fraction of sp³-hybridized carbons (Fsp3) is 0.556. The Morgan fingerprint density at radius 1 is 1.20 bits per heavy atom. The quantitative estimate of drug-likeness (QED) is 0.708. The molecule has 2 N–H and O–H groups in total. The van der Waals surface area contributed by atoms with Crippen molar-refractivity contribution in [2.45, 2.75) is 51.0 Å². The van der Waals surface area contributed by atoms with E-state index in [0.29, 0.717) is 17.6 Å². The van der Waals surface area contributed by atoms with E-state index >= 15 is 0 Å². The Hall–Kier alpha value is -1.28. The summed E-state index contributed by atoms with van der Waals surface area (Å²) in [5, 5.41) is 20.0. The summed E-state index contributed by atoms with van der Waals surface area (Å²) in [6, 6.07) is 5.84. The molecular weight excluding hydrogens is 248 g/mol. The zero-order valence-corrected chi connectivity index (χ0v) is 12.0. The number of aliphatic hydroxyl groups is 1. The van der Waals surface area contributed by atoms with Crippen LogP contribution in [0, 0.1) is 11.3 Å². The number of hydrogen-bond acceptors (Lipinski definition) is 2. The zero-order chi connectivity index (χ0) is 13.9. The molecule has 4 atom stereocenters. The van der Waals surface area contributed by atoms with E-state index in [-0.39, 0.29) is 11.5 Å². The molecular formula is C18H22O2. The summed E-state index contributed by atoms with van der Waals surface area (Å²) in [4.78, 5) is 0. The van der Waals surface area contributed by atoms with Crippen LogP contribution in [0.2, 0.25) is 0 Å². The topological polar surface area (TPSA) is 40.5 Å². The number of hydrogen-bond donors (Lipinski definition) is 2. The summed E-state index contributed by atoms with van der Waals surface area (Å²) < 4.78 is 0. The third kappa shape index (κ3) is 1.54. The van der Waals surface area contributed by atoms with Crippen molar-refractivity contribution in [1.82, 2.24) is 0 Å². The highest BCUT2D eigenvalue weighted by atomic mass is 16.3. The maximum absolute atomic E-state index is 10.3. The van der Waals surface area contributed by atoms with Gasteiger partial charge in [-0.1, -0.05) is 24.6 Å². The predicted molar refractivity (Wildman–Crippen MR) is 78.7 cm³/mol. The van der Waals surface area contributed by atoms with Crippen molar-refractivity contribution >= 4 is 0 Å². The first-order valence-electron chi connectivity index (χ1n) is 7.79. The lowest BCUT2D eigenvalue weighted by atomic mass is 9.59. The van der Waals surface area contributed by atoms with E-state index in [1.165, 1.54) is 11.1 Å². The van der Waals surface area contributed by atoms with Gasteiger partial charge in [-0.3, -0.25) is 0 Å². The molecule has 3 aliphatic carbocycles. The van der Waals surface area contributed by atoms with Gasteiger partial charge in [0.05, 0.1) is 6.10 Å². The van der Waals surface area contributed by atoms with Crippen molar-refractivity contribution < 1.29 is 10.2 Å². The summed E-state index contributed by atoms with van der Waals surface area (Å²) in [5.41, 5.74) is 4.34. The number of phenols is 1. The van der Waals surface area contributed by atoms with E-state index in [2.05, 4.69) is 19.1 Å². The van der Waals surface area contributed by atoms with Crippen molar-refractivity contribution in [2.24, 2.45) is 11.3 Å². The fourth-order valence-corrected chi connectivity index (χ4v) is 4.93. The molecule has 0 heterocycles. The number of benzene rings is 1. The lowest BCUT2D eigenvalue weighted by Crippen LogP contribution is -2.39. The highest BCUT2D eigenvalue weighted by molar-refractivity contribution is 5.47. The largest absolute Gasteiger partial charge is 0.508 e. The first kappa shape index (κ1) is 12.5. The Kier molecular flexibility index (Phi) is 2.56. The maximum atomic E-state index is 10.3. The van der Waals surface area contributed by atoms with Crippen molar-refractivity contribution in [3.63, 3.8) is 0 Å². The van der Waals surface area contributed by atoms with E-state index in [9.17, 15) is 10.2 Å². The Morgan fingerprint density at radius 3 is 2.90 bits per heavy atom. The number of allylic oxidation sites excluding steroid dienone is 2. The SMILES string of the molecule is C[C@@]12CC[C@@H]3C(=CCc4cc(O)ccc43)[C@H]1CC[C@@H]2O. The average molecular weight is 270 g/mol. The van der Waals surface area contributed by atoms with Crippen LogP contribution in [0.1, 0.15) is 49.7 Å². The standard InChI is InChI=1S/C18H22O2/c1-18-9-8-14-13-5-3-12(19)10-11(13)2-4-15(14)16(18)6-7-17(18)20/h3-5,10,14,16-17,19-20H,2,6-9H2,1H3/t14-,16+,17-,18+/m0/s1. The minimum atomic E-state index is -0.129. The number of fused-ring (bicyclic) bond motifs is 5. The van der Waals surface area contributed by atoms with E-state index in [1.807, 2.05) is 12.1 Å². The molecule has 0 radical (unpaired) electrons. The van der Waals surface area contributed by atoms with Crippen LogP contribution in [-0.2, 0) is 6.42 Å². The number of aliphatic hydroxyl groups excluding tert-OH is 1. The van der Waals surface area contributed by atoms with Gasteiger partial charge in [0.15, 0.2) is 0 Å². The van der Waals surface area contributed by atoms with Gasteiger partial charge in [-0.05, 0) is 61.3 Å². The summed E-state index contributed by atoms with van der Waals surface area (Å²) in [6.45, 7) is 2.28. The predicted octanol–water partition coefficient (Wildman–Crippen LogP) is 3.53. The lowest BCUT2D eigenvalue weighted by molar-refractivity contribution is 0.0267. The summed E-state index contributed by atoms with van der Waals surface area (Å²) in [7, 11) is 0. The molecule has 1 aromatic rings. The Bertz CT molecular complexity index is 589. The smallest absolute Gasteiger partial charge is 0.115 e. The minimum Gasteiger partial charge on any atom is -0.508 e. The van der Waals surface area contributed by atoms with Crippen molar-refractivity contribution in [3.05, 3.63) is 41.0 Å². The molecule has 2 nitrogen and oxygen atoms in total. The molecule has 2 heteroatoms.